The number of nitriles is 1. The Morgan fingerprint density at radius 2 is 2.00 bits per heavy atom. The summed E-state index contributed by atoms with van der Waals surface area (Å²) in [5, 5.41) is 8.66. The lowest BCUT2D eigenvalue weighted by atomic mass is 10.2. The van der Waals surface area contributed by atoms with Crippen LogP contribution in [0.1, 0.15) is 11.1 Å². The van der Waals surface area contributed by atoms with Crippen LogP contribution >= 0.6 is 22.3 Å². The number of aryl methyl sites for hydroxylation is 1. The van der Waals surface area contributed by atoms with Crippen LogP contribution in [0.25, 0.3) is 0 Å². The highest BCUT2D eigenvalue weighted by atomic mass is 35.7. The number of hydrogen-bond acceptors (Lipinski definition) is 3. The highest BCUT2D eigenvalue weighted by Gasteiger charge is 2.21. The van der Waals surface area contributed by atoms with Gasteiger partial charge in [-0.1, -0.05) is 17.7 Å². The fraction of sp³-hybridized carbons (Fsp3) is 0.125. The van der Waals surface area contributed by atoms with Gasteiger partial charge in [-0.3, -0.25) is 0 Å². The maximum absolute atomic E-state index is 11.1. The monoisotopic (exact) mass is 249 g/mol. The Labute approximate surface area is 91.3 Å². The number of benzene rings is 1. The molecule has 14 heavy (non-hydrogen) atoms. The first-order valence-electron chi connectivity index (χ1n) is 3.52. The zero-order chi connectivity index (χ0) is 10.9. The summed E-state index contributed by atoms with van der Waals surface area (Å²) >= 11 is 5.75. The van der Waals surface area contributed by atoms with Gasteiger partial charge < -0.3 is 0 Å². The first-order chi connectivity index (χ1) is 6.38. The van der Waals surface area contributed by atoms with Crippen molar-refractivity contribution in [2.24, 2.45) is 0 Å². The Balaban J connectivity index is 3.72. The van der Waals surface area contributed by atoms with Gasteiger partial charge in [0.05, 0.1) is 10.6 Å². The van der Waals surface area contributed by atoms with Gasteiger partial charge >= 0.3 is 0 Å². The van der Waals surface area contributed by atoms with Crippen LogP contribution in [-0.2, 0) is 9.05 Å². The zero-order valence-electron chi connectivity index (χ0n) is 7.08. The van der Waals surface area contributed by atoms with Gasteiger partial charge in [-0.25, -0.2) is 8.42 Å². The Kier molecular flexibility index (Phi) is 3.05. The van der Waals surface area contributed by atoms with Gasteiger partial charge in [-0.05, 0) is 18.6 Å². The first kappa shape index (κ1) is 11.3. The van der Waals surface area contributed by atoms with Crippen molar-refractivity contribution >= 4 is 31.3 Å². The molecule has 0 unspecified atom stereocenters. The summed E-state index contributed by atoms with van der Waals surface area (Å²) in [7, 11) is 1.18. The van der Waals surface area contributed by atoms with E-state index < -0.39 is 9.05 Å². The SMILES string of the molecule is Cc1ccc(C#N)c(S(=O)(=O)Cl)c1Cl. The molecule has 0 amide bonds. The molecule has 0 spiro atoms. The van der Waals surface area contributed by atoms with Gasteiger partial charge in [0, 0.05) is 10.7 Å². The van der Waals surface area contributed by atoms with Gasteiger partial charge in [-0.2, -0.15) is 5.26 Å². The van der Waals surface area contributed by atoms with Crippen LogP contribution in [-0.4, -0.2) is 8.42 Å². The number of halogens is 2. The number of hydrogen-bond donors (Lipinski definition) is 0. The summed E-state index contributed by atoms with van der Waals surface area (Å²) < 4.78 is 22.2. The Morgan fingerprint density at radius 1 is 1.43 bits per heavy atom. The summed E-state index contributed by atoms with van der Waals surface area (Å²) in [6.07, 6.45) is 0. The minimum atomic E-state index is -3.98. The molecule has 0 aliphatic rings. The van der Waals surface area contributed by atoms with E-state index in [2.05, 4.69) is 0 Å². The van der Waals surface area contributed by atoms with Gasteiger partial charge in [0.2, 0.25) is 0 Å². The third-order valence-electron chi connectivity index (χ3n) is 1.65. The maximum atomic E-state index is 11.1. The van der Waals surface area contributed by atoms with Crippen molar-refractivity contribution in [3.8, 4) is 6.07 Å². The van der Waals surface area contributed by atoms with Crippen molar-refractivity contribution in [3.05, 3.63) is 28.3 Å². The summed E-state index contributed by atoms with van der Waals surface area (Å²) in [5.41, 5.74) is 0.514. The smallest absolute Gasteiger partial charge is 0.207 e. The van der Waals surface area contributed by atoms with Crippen molar-refractivity contribution in [2.45, 2.75) is 11.8 Å². The normalized spacial score (nSPS) is 11.0. The van der Waals surface area contributed by atoms with Crippen LogP contribution < -0.4 is 0 Å². The molecule has 1 rings (SSSR count). The van der Waals surface area contributed by atoms with E-state index in [1.165, 1.54) is 6.07 Å². The lowest BCUT2D eigenvalue weighted by Gasteiger charge is -2.04. The largest absolute Gasteiger partial charge is 0.264 e. The molecule has 6 heteroatoms. The van der Waals surface area contributed by atoms with Gasteiger partial charge in [0.1, 0.15) is 11.0 Å². The van der Waals surface area contributed by atoms with Crippen LogP contribution in [0.15, 0.2) is 17.0 Å². The molecule has 0 atom stereocenters. The predicted molar refractivity (Wildman–Crippen MR) is 53.9 cm³/mol. The molecule has 0 radical (unpaired) electrons. The van der Waals surface area contributed by atoms with Crippen LogP contribution in [0.3, 0.4) is 0 Å². The van der Waals surface area contributed by atoms with E-state index in [1.807, 2.05) is 0 Å². The minimum Gasteiger partial charge on any atom is -0.207 e. The Morgan fingerprint density at radius 3 is 2.43 bits per heavy atom. The van der Waals surface area contributed by atoms with Crippen molar-refractivity contribution in [1.29, 1.82) is 5.26 Å². The number of nitrogens with zero attached hydrogens (tertiary/aromatic N) is 1. The third kappa shape index (κ3) is 2.01. The van der Waals surface area contributed by atoms with E-state index in [1.54, 1.807) is 19.1 Å². The molecule has 0 aromatic heterocycles. The second kappa shape index (κ2) is 3.77. The lowest BCUT2D eigenvalue weighted by Crippen LogP contribution is -1.97. The molecule has 0 heterocycles. The van der Waals surface area contributed by atoms with Crippen molar-refractivity contribution < 1.29 is 8.42 Å². The second-order valence-corrected chi connectivity index (χ2v) is 5.50. The molecule has 0 saturated carbocycles. The van der Waals surface area contributed by atoms with Crippen LogP contribution in [0.4, 0.5) is 0 Å². The quantitative estimate of drug-likeness (QED) is 0.719. The van der Waals surface area contributed by atoms with Gasteiger partial charge in [0.25, 0.3) is 9.05 Å². The molecule has 0 bridgehead atoms. The highest BCUT2D eigenvalue weighted by Crippen LogP contribution is 2.30. The molecule has 3 nitrogen and oxygen atoms in total. The van der Waals surface area contributed by atoms with E-state index in [-0.39, 0.29) is 15.5 Å². The van der Waals surface area contributed by atoms with Crippen molar-refractivity contribution in [3.63, 3.8) is 0 Å². The molecule has 0 aliphatic heterocycles. The van der Waals surface area contributed by atoms with Crippen LogP contribution in [0.5, 0.6) is 0 Å². The fourth-order valence-electron chi connectivity index (χ4n) is 0.981. The molecular weight excluding hydrogens is 245 g/mol. The third-order valence-corrected chi connectivity index (χ3v) is 3.63. The molecule has 0 aliphatic carbocycles. The first-order valence-corrected chi connectivity index (χ1v) is 6.20. The van der Waals surface area contributed by atoms with Crippen molar-refractivity contribution in [2.75, 3.05) is 0 Å². The van der Waals surface area contributed by atoms with Crippen LogP contribution in [0.2, 0.25) is 5.02 Å². The van der Waals surface area contributed by atoms with E-state index in [4.69, 9.17) is 27.5 Å². The molecule has 1 aromatic carbocycles. The van der Waals surface area contributed by atoms with Crippen molar-refractivity contribution in [1.82, 2.24) is 0 Å². The van der Waals surface area contributed by atoms with E-state index in [9.17, 15) is 8.42 Å². The average Bonchev–Trinajstić information content (AvgIpc) is 2.07. The fourth-order valence-corrected chi connectivity index (χ4v) is 2.80. The maximum Gasteiger partial charge on any atom is 0.264 e. The Hall–Kier alpha value is -0.760. The molecule has 74 valence electrons. The summed E-state index contributed by atoms with van der Waals surface area (Å²) in [6.45, 7) is 1.63. The average molecular weight is 250 g/mol. The van der Waals surface area contributed by atoms with E-state index in [0.717, 1.165) is 0 Å². The molecular formula is C8H5Cl2NO2S. The van der Waals surface area contributed by atoms with E-state index in [0.29, 0.717) is 5.56 Å². The zero-order valence-corrected chi connectivity index (χ0v) is 9.41. The minimum absolute atomic E-state index is 0.000880. The van der Waals surface area contributed by atoms with E-state index >= 15 is 0 Å². The second-order valence-electron chi connectivity index (χ2n) is 2.62. The summed E-state index contributed by atoms with van der Waals surface area (Å²) in [5.74, 6) is 0. The molecule has 1 aromatic rings. The molecule has 0 N–H and O–H groups in total. The predicted octanol–water partition coefficient (Wildman–Crippen LogP) is 2.45. The highest BCUT2D eigenvalue weighted by molar-refractivity contribution is 8.13. The van der Waals surface area contributed by atoms with Gasteiger partial charge in [0.15, 0.2) is 0 Å². The lowest BCUT2D eigenvalue weighted by molar-refractivity contribution is 0.609. The summed E-state index contributed by atoms with van der Waals surface area (Å²) in [4.78, 5) is -0.316. The topological polar surface area (TPSA) is 57.9 Å². The van der Waals surface area contributed by atoms with Gasteiger partial charge in [-0.15, -0.1) is 0 Å². The molecule has 0 saturated heterocycles. The molecule has 0 fully saturated rings. The number of rotatable bonds is 1. The standard InChI is InChI=1S/C8H5Cl2NO2S/c1-5-2-3-6(4-11)8(7(5)9)14(10,12)13/h2-3H,1H3. The van der Waals surface area contributed by atoms with Crippen LogP contribution in [0, 0.1) is 18.3 Å². The Bertz CT molecular complexity index is 517. The summed E-state index contributed by atoms with van der Waals surface area (Å²) in [6, 6.07) is 4.66.